The van der Waals surface area contributed by atoms with Crippen LogP contribution in [0.4, 0.5) is 5.82 Å². The van der Waals surface area contributed by atoms with Gasteiger partial charge in [-0.05, 0) is 44.4 Å². The fourth-order valence-corrected chi connectivity index (χ4v) is 2.71. The lowest BCUT2D eigenvalue weighted by Crippen LogP contribution is -2.42. The maximum absolute atomic E-state index is 10.5. The largest absolute Gasteiger partial charge is 0.390 e. The van der Waals surface area contributed by atoms with Crippen LogP contribution in [0.5, 0.6) is 0 Å². The van der Waals surface area contributed by atoms with Crippen LogP contribution in [-0.4, -0.2) is 28.3 Å². The van der Waals surface area contributed by atoms with Crippen molar-refractivity contribution >= 4 is 5.82 Å². The van der Waals surface area contributed by atoms with E-state index in [0.29, 0.717) is 18.3 Å². The molecule has 4 nitrogen and oxygen atoms in total. The van der Waals surface area contributed by atoms with Gasteiger partial charge < -0.3 is 16.2 Å². The first-order chi connectivity index (χ1) is 8.57. The molecule has 1 aliphatic heterocycles. The second-order valence-electron chi connectivity index (χ2n) is 5.57. The molecule has 0 radical (unpaired) electrons. The molecule has 1 aromatic heterocycles. The molecule has 0 saturated carbocycles. The first-order valence-electron chi connectivity index (χ1n) is 6.72. The zero-order chi connectivity index (χ0) is 13.0. The van der Waals surface area contributed by atoms with E-state index in [9.17, 15) is 5.11 Å². The molecular formula is C14H23N3O. The minimum atomic E-state index is -0.730. The molecule has 2 rings (SSSR count). The van der Waals surface area contributed by atoms with E-state index in [1.165, 1.54) is 12.8 Å². The van der Waals surface area contributed by atoms with Gasteiger partial charge in [-0.2, -0.15) is 0 Å². The summed E-state index contributed by atoms with van der Waals surface area (Å²) in [7, 11) is 0. The van der Waals surface area contributed by atoms with Crippen molar-refractivity contribution in [2.75, 3.05) is 12.3 Å². The average Bonchev–Trinajstić information content (AvgIpc) is 2.32. The van der Waals surface area contributed by atoms with Gasteiger partial charge in [0, 0.05) is 18.7 Å². The molecular weight excluding hydrogens is 226 g/mol. The Hall–Kier alpha value is -1.13. The van der Waals surface area contributed by atoms with E-state index in [4.69, 9.17) is 5.73 Å². The monoisotopic (exact) mass is 249 g/mol. The first kappa shape index (κ1) is 13.3. The Balaban J connectivity index is 1.96. The van der Waals surface area contributed by atoms with Gasteiger partial charge in [0.2, 0.25) is 0 Å². The number of aromatic nitrogens is 1. The highest BCUT2D eigenvalue weighted by Gasteiger charge is 2.27. The topological polar surface area (TPSA) is 71.2 Å². The second kappa shape index (κ2) is 5.67. The SMILES string of the molecule is CC(O)(Cc1cccnc1N)CC1CCCCN1. The van der Waals surface area contributed by atoms with Gasteiger partial charge in [0.05, 0.1) is 5.60 Å². The summed E-state index contributed by atoms with van der Waals surface area (Å²) in [6.45, 7) is 2.95. The molecule has 0 spiro atoms. The van der Waals surface area contributed by atoms with Gasteiger partial charge in [0.15, 0.2) is 0 Å². The van der Waals surface area contributed by atoms with E-state index >= 15 is 0 Å². The van der Waals surface area contributed by atoms with E-state index in [0.717, 1.165) is 24.9 Å². The van der Waals surface area contributed by atoms with Crippen molar-refractivity contribution in [1.29, 1.82) is 0 Å². The van der Waals surface area contributed by atoms with Crippen molar-refractivity contribution in [1.82, 2.24) is 10.3 Å². The molecule has 2 heterocycles. The highest BCUT2D eigenvalue weighted by atomic mass is 16.3. The lowest BCUT2D eigenvalue weighted by atomic mass is 9.87. The average molecular weight is 249 g/mol. The number of nitrogens with two attached hydrogens (primary N) is 1. The molecule has 1 aromatic rings. The Morgan fingerprint density at radius 3 is 3.06 bits per heavy atom. The van der Waals surface area contributed by atoms with Crippen LogP contribution in [0, 0.1) is 0 Å². The summed E-state index contributed by atoms with van der Waals surface area (Å²) in [5.41, 5.74) is 6.02. The Morgan fingerprint density at radius 2 is 2.39 bits per heavy atom. The van der Waals surface area contributed by atoms with E-state index in [-0.39, 0.29) is 0 Å². The third-order valence-corrected chi connectivity index (χ3v) is 3.60. The van der Waals surface area contributed by atoms with Crippen LogP contribution < -0.4 is 11.1 Å². The van der Waals surface area contributed by atoms with Crippen molar-refractivity contribution < 1.29 is 5.11 Å². The van der Waals surface area contributed by atoms with E-state index in [1.54, 1.807) is 6.20 Å². The Morgan fingerprint density at radius 1 is 1.56 bits per heavy atom. The van der Waals surface area contributed by atoms with Gasteiger partial charge in [-0.15, -0.1) is 0 Å². The Bertz CT molecular complexity index is 386. The van der Waals surface area contributed by atoms with Gasteiger partial charge in [-0.25, -0.2) is 4.98 Å². The summed E-state index contributed by atoms with van der Waals surface area (Å²) >= 11 is 0. The van der Waals surface area contributed by atoms with E-state index in [2.05, 4.69) is 10.3 Å². The summed E-state index contributed by atoms with van der Waals surface area (Å²) in [6, 6.07) is 4.22. The molecule has 2 atom stereocenters. The molecule has 18 heavy (non-hydrogen) atoms. The maximum Gasteiger partial charge on any atom is 0.126 e. The van der Waals surface area contributed by atoms with Crippen LogP contribution >= 0.6 is 0 Å². The maximum atomic E-state index is 10.5. The molecule has 1 saturated heterocycles. The molecule has 0 amide bonds. The van der Waals surface area contributed by atoms with Crippen LogP contribution in [0.25, 0.3) is 0 Å². The molecule has 4 heteroatoms. The predicted molar refractivity (Wildman–Crippen MR) is 73.2 cm³/mol. The van der Waals surface area contributed by atoms with E-state index in [1.807, 2.05) is 19.1 Å². The van der Waals surface area contributed by atoms with Crippen molar-refractivity contribution in [3.8, 4) is 0 Å². The molecule has 1 aliphatic rings. The quantitative estimate of drug-likeness (QED) is 0.756. The highest BCUT2D eigenvalue weighted by Crippen LogP contribution is 2.24. The number of nitrogen functional groups attached to an aromatic ring is 1. The standard InChI is InChI=1S/C14H23N3O/c1-14(18,10-12-6-2-3-7-16-12)9-11-5-4-8-17-13(11)15/h4-5,8,12,16,18H,2-3,6-7,9-10H2,1H3,(H2,15,17). The third-order valence-electron chi connectivity index (χ3n) is 3.60. The highest BCUT2D eigenvalue weighted by molar-refractivity contribution is 5.39. The zero-order valence-electron chi connectivity index (χ0n) is 11.0. The fraction of sp³-hybridized carbons (Fsp3) is 0.643. The van der Waals surface area contributed by atoms with Crippen LogP contribution in [-0.2, 0) is 6.42 Å². The number of rotatable bonds is 4. The van der Waals surface area contributed by atoms with Gasteiger partial charge in [-0.3, -0.25) is 0 Å². The summed E-state index contributed by atoms with van der Waals surface area (Å²) < 4.78 is 0. The van der Waals surface area contributed by atoms with Gasteiger partial charge in [0.25, 0.3) is 0 Å². The second-order valence-corrected chi connectivity index (χ2v) is 5.57. The van der Waals surface area contributed by atoms with Crippen LogP contribution in [0.3, 0.4) is 0 Å². The zero-order valence-corrected chi connectivity index (χ0v) is 11.0. The van der Waals surface area contributed by atoms with Crippen molar-refractivity contribution in [3.05, 3.63) is 23.9 Å². The molecule has 1 fully saturated rings. The Labute approximate surface area is 109 Å². The number of anilines is 1. The number of piperidine rings is 1. The number of hydrogen-bond acceptors (Lipinski definition) is 4. The van der Waals surface area contributed by atoms with Crippen molar-refractivity contribution in [3.63, 3.8) is 0 Å². The predicted octanol–water partition coefficient (Wildman–Crippen LogP) is 1.49. The Kier molecular flexibility index (Phi) is 4.19. The van der Waals surface area contributed by atoms with Crippen LogP contribution in [0.1, 0.15) is 38.2 Å². The van der Waals surface area contributed by atoms with Crippen molar-refractivity contribution in [2.45, 2.75) is 50.7 Å². The molecule has 0 aromatic carbocycles. The van der Waals surface area contributed by atoms with Crippen molar-refractivity contribution in [2.24, 2.45) is 0 Å². The van der Waals surface area contributed by atoms with Crippen LogP contribution in [0.15, 0.2) is 18.3 Å². The van der Waals surface area contributed by atoms with Crippen LogP contribution in [0.2, 0.25) is 0 Å². The summed E-state index contributed by atoms with van der Waals surface area (Å²) in [5.74, 6) is 0.523. The normalized spacial score (nSPS) is 23.6. The lowest BCUT2D eigenvalue weighted by Gasteiger charge is -2.31. The minimum absolute atomic E-state index is 0.423. The summed E-state index contributed by atoms with van der Waals surface area (Å²) in [6.07, 6.45) is 6.65. The van der Waals surface area contributed by atoms with E-state index < -0.39 is 5.60 Å². The third kappa shape index (κ3) is 3.68. The molecule has 2 unspecified atom stereocenters. The fourth-order valence-electron chi connectivity index (χ4n) is 2.71. The number of pyridine rings is 1. The molecule has 100 valence electrons. The number of nitrogens with one attached hydrogen (secondary N) is 1. The van der Waals surface area contributed by atoms with Gasteiger partial charge >= 0.3 is 0 Å². The summed E-state index contributed by atoms with van der Waals surface area (Å²) in [4.78, 5) is 4.06. The van der Waals surface area contributed by atoms with Gasteiger partial charge in [0.1, 0.15) is 5.82 Å². The number of aliphatic hydroxyl groups is 1. The number of hydrogen-bond donors (Lipinski definition) is 3. The minimum Gasteiger partial charge on any atom is -0.390 e. The summed E-state index contributed by atoms with van der Waals surface area (Å²) in [5, 5.41) is 14.0. The van der Waals surface area contributed by atoms with Gasteiger partial charge in [-0.1, -0.05) is 12.5 Å². The molecule has 0 aliphatic carbocycles. The first-order valence-corrected chi connectivity index (χ1v) is 6.72. The number of nitrogens with zero attached hydrogens (tertiary/aromatic N) is 1. The molecule has 4 N–H and O–H groups in total. The smallest absolute Gasteiger partial charge is 0.126 e. The molecule has 0 bridgehead atoms. The lowest BCUT2D eigenvalue weighted by molar-refractivity contribution is 0.0372.